The van der Waals surface area contributed by atoms with E-state index in [1.165, 1.54) is 0 Å². The van der Waals surface area contributed by atoms with Gasteiger partial charge in [-0.05, 0) is 12.1 Å². The highest BCUT2D eigenvalue weighted by atomic mass is 35.5. The minimum absolute atomic E-state index is 0.388. The minimum Gasteiger partial charge on any atom is -0.454 e. The van der Waals surface area contributed by atoms with Crippen LogP contribution in [-0.2, 0) is 0 Å². The van der Waals surface area contributed by atoms with E-state index < -0.39 is 0 Å². The van der Waals surface area contributed by atoms with E-state index in [-0.39, 0.29) is 0 Å². The number of aromatic nitrogens is 2. The van der Waals surface area contributed by atoms with Gasteiger partial charge in [0.15, 0.2) is 16.6 Å². The van der Waals surface area contributed by atoms with Crippen molar-refractivity contribution in [2.75, 3.05) is 0 Å². The van der Waals surface area contributed by atoms with Crippen LogP contribution in [0.5, 0.6) is 0 Å². The first-order chi connectivity index (χ1) is 7.34. The highest BCUT2D eigenvalue weighted by Gasteiger charge is 2.12. The molecule has 2 heterocycles. The Balaban J connectivity index is 2.24. The predicted molar refractivity (Wildman–Crippen MR) is 60.1 cm³/mol. The predicted octanol–water partition coefficient (Wildman–Crippen LogP) is 3.60. The van der Waals surface area contributed by atoms with E-state index in [9.17, 15) is 0 Å². The fourth-order valence-corrected chi connectivity index (χ4v) is 2.16. The summed E-state index contributed by atoms with van der Waals surface area (Å²) in [5, 5.41) is 1.43. The number of para-hydroxylation sites is 1. The molecule has 15 heavy (non-hydrogen) atoms. The highest BCUT2D eigenvalue weighted by Crippen LogP contribution is 2.30. The molecule has 0 amide bonds. The van der Waals surface area contributed by atoms with Crippen molar-refractivity contribution in [3.05, 3.63) is 35.5 Å². The van der Waals surface area contributed by atoms with Crippen LogP contribution in [0.3, 0.4) is 0 Å². The molecule has 0 aliphatic rings. The molecule has 1 aromatic carbocycles. The number of nitrogens with zero attached hydrogens (tertiary/aromatic N) is 2. The lowest BCUT2D eigenvalue weighted by molar-refractivity contribution is 0.629. The number of fused-ring (bicyclic) bond motifs is 1. The van der Waals surface area contributed by atoms with Crippen molar-refractivity contribution in [2.45, 2.75) is 0 Å². The van der Waals surface area contributed by atoms with Gasteiger partial charge in [-0.3, -0.25) is 0 Å². The zero-order valence-corrected chi connectivity index (χ0v) is 9.05. The SMILES string of the molecule is Clc1nsnc1-c1cc2ccccc2o1. The fourth-order valence-electron chi connectivity index (χ4n) is 1.42. The standard InChI is InChI=1S/C10H5ClN2OS/c11-10-9(12-15-13-10)8-5-6-3-1-2-4-7(6)14-8/h1-5H. The fraction of sp³-hybridized carbons (Fsp3) is 0. The van der Waals surface area contributed by atoms with Crippen LogP contribution in [-0.4, -0.2) is 8.75 Å². The molecule has 3 nitrogen and oxygen atoms in total. The third-order valence-corrected chi connectivity index (χ3v) is 3.00. The van der Waals surface area contributed by atoms with Gasteiger partial charge in [-0.25, -0.2) is 0 Å². The molecule has 0 fully saturated rings. The highest BCUT2D eigenvalue weighted by molar-refractivity contribution is 6.99. The van der Waals surface area contributed by atoms with E-state index >= 15 is 0 Å². The van der Waals surface area contributed by atoms with Gasteiger partial charge in [0.05, 0.1) is 11.7 Å². The summed E-state index contributed by atoms with van der Waals surface area (Å²) < 4.78 is 13.6. The number of benzene rings is 1. The number of hydrogen-bond donors (Lipinski definition) is 0. The van der Waals surface area contributed by atoms with Gasteiger partial charge in [-0.1, -0.05) is 29.8 Å². The minimum atomic E-state index is 0.388. The van der Waals surface area contributed by atoms with Gasteiger partial charge in [0.1, 0.15) is 5.58 Å². The van der Waals surface area contributed by atoms with Gasteiger partial charge in [0, 0.05) is 5.39 Å². The third-order valence-electron chi connectivity index (χ3n) is 2.11. The number of halogens is 1. The molecule has 0 bridgehead atoms. The molecule has 0 unspecified atom stereocenters. The monoisotopic (exact) mass is 236 g/mol. The average Bonchev–Trinajstić information content (AvgIpc) is 2.82. The zero-order chi connectivity index (χ0) is 10.3. The first-order valence-corrected chi connectivity index (χ1v) is 5.42. The molecule has 0 aliphatic carbocycles. The number of rotatable bonds is 1. The molecule has 0 saturated carbocycles. The quantitative estimate of drug-likeness (QED) is 0.648. The third kappa shape index (κ3) is 1.42. The summed E-state index contributed by atoms with van der Waals surface area (Å²) in [5.74, 6) is 0.662. The molecule has 0 saturated heterocycles. The van der Waals surface area contributed by atoms with Gasteiger partial charge >= 0.3 is 0 Å². The Morgan fingerprint density at radius 3 is 2.80 bits per heavy atom. The molecule has 2 aromatic heterocycles. The van der Waals surface area contributed by atoms with E-state index in [0.29, 0.717) is 16.6 Å². The van der Waals surface area contributed by atoms with Crippen molar-refractivity contribution < 1.29 is 4.42 Å². The number of hydrogen-bond acceptors (Lipinski definition) is 4. The molecule has 3 aromatic rings. The van der Waals surface area contributed by atoms with Crippen LogP contribution in [0.1, 0.15) is 0 Å². The van der Waals surface area contributed by atoms with Gasteiger partial charge in [0.2, 0.25) is 0 Å². The maximum Gasteiger partial charge on any atom is 0.174 e. The lowest BCUT2D eigenvalue weighted by Crippen LogP contribution is -1.71. The number of furan rings is 1. The van der Waals surface area contributed by atoms with Crippen molar-refractivity contribution in [1.82, 2.24) is 8.75 Å². The summed E-state index contributed by atoms with van der Waals surface area (Å²) in [6, 6.07) is 9.69. The first kappa shape index (κ1) is 8.88. The second kappa shape index (κ2) is 3.32. The maximum atomic E-state index is 5.88. The largest absolute Gasteiger partial charge is 0.454 e. The molecule has 5 heteroatoms. The Morgan fingerprint density at radius 2 is 2.07 bits per heavy atom. The van der Waals surface area contributed by atoms with Gasteiger partial charge in [0.25, 0.3) is 0 Å². The lowest BCUT2D eigenvalue weighted by Gasteiger charge is -1.87. The molecule has 0 N–H and O–H groups in total. The molecule has 0 aliphatic heterocycles. The Hall–Kier alpha value is -1.39. The summed E-state index contributed by atoms with van der Waals surface area (Å²) in [7, 11) is 0. The molecule has 3 rings (SSSR count). The van der Waals surface area contributed by atoms with Crippen LogP contribution in [0.4, 0.5) is 0 Å². The topological polar surface area (TPSA) is 38.9 Å². The van der Waals surface area contributed by atoms with Crippen molar-refractivity contribution in [3.8, 4) is 11.5 Å². The van der Waals surface area contributed by atoms with E-state index in [4.69, 9.17) is 16.0 Å². The van der Waals surface area contributed by atoms with Crippen molar-refractivity contribution >= 4 is 34.3 Å². The van der Waals surface area contributed by atoms with Crippen LogP contribution in [0.25, 0.3) is 22.4 Å². The molecule has 74 valence electrons. The Kier molecular flexibility index (Phi) is 1.97. The molecule has 0 spiro atoms. The van der Waals surface area contributed by atoms with E-state index in [1.54, 1.807) is 0 Å². The molecular weight excluding hydrogens is 232 g/mol. The molecule has 0 atom stereocenters. The van der Waals surface area contributed by atoms with Crippen LogP contribution < -0.4 is 0 Å². The Labute approximate surface area is 94.6 Å². The smallest absolute Gasteiger partial charge is 0.174 e. The van der Waals surface area contributed by atoms with Gasteiger partial charge in [-0.15, -0.1) is 0 Å². The summed E-state index contributed by atoms with van der Waals surface area (Å²) in [6.45, 7) is 0. The van der Waals surface area contributed by atoms with Crippen LogP contribution in [0, 0.1) is 0 Å². The lowest BCUT2D eigenvalue weighted by atomic mass is 10.2. The van der Waals surface area contributed by atoms with Crippen molar-refractivity contribution in [2.24, 2.45) is 0 Å². The zero-order valence-electron chi connectivity index (χ0n) is 7.48. The summed E-state index contributed by atoms with van der Waals surface area (Å²) in [6.07, 6.45) is 0. The molecular formula is C10H5ClN2OS. The Bertz CT molecular complexity index is 583. The van der Waals surface area contributed by atoms with Crippen LogP contribution in [0.2, 0.25) is 5.15 Å². The summed E-state index contributed by atoms with van der Waals surface area (Å²) in [4.78, 5) is 0. The Morgan fingerprint density at radius 1 is 1.20 bits per heavy atom. The summed E-state index contributed by atoms with van der Waals surface area (Å²) in [5.41, 5.74) is 1.44. The van der Waals surface area contributed by atoms with Crippen molar-refractivity contribution in [1.29, 1.82) is 0 Å². The van der Waals surface area contributed by atoms with Gasteiger partial charge < -0.3 is 4.42 Å². The van der Waals surface area contributed by atoms with Crippen LogP contribution >= 0.6 is 23.3 Å². The second-order valence-electron chi connectivity index (χ2n) is 3.05. The van der Waals surface area contributed by atoms with Crippen molar-refractivity contribution in [3.63, 3.8) is 0 Å². The van der Waals surface area contributed by atoms with E-state index in [1.807, 2.05) is 30.3 Å². The maximum absolute atomic E-state index is 5.88. The molecule has 0 radical (unpaired) electrons. The van der Waals surface area contributed by atoms with Gasteiger partial charge in [-0.2, -0.15) is 8.75 Å². The van der Waals surface area contributed by atoms with E-state index in [2.05, 4.69) is 8.75 Å². The van der Waals surface area contributed by atoms with E-state index in [0.717, 1.165) is 22.7 Å². The average molecular weight is 237 g/mol. The summed E-state index contributed by atoms with van der Waals surface area (Å²) >= 11 is 6.96. The van der Waals surface area contributed by atoms with Crippen LogP contribution in [0.15, 0.2) is 34.7 Å². The second-order valence-corrected chi connectivity index (χ2v) is 3.94. The normalized spacial score (nSPS) is 11.0. The first-order valence-electron chi connectivity index (χ1n) is 4.31.